The first-order valence-corrected chi connectivity index (χ1v) is 10.1. The van der Waals surface area contributed by atoms with Crippen LogP contribution in [0.2, 0.25) is 0 Å². The highest BCUT2D eigenvalue weighted by Crippen LogP contribution is 2.39. The zero-order valence-corrected chi connectivity index (χ0v) is 18.5. The molecule has 0 N–H and O–H groups in total. The molecule has 0 unspecified atom stereocenters. The lowest BCUT2D eigenvalue weighted by Crippen LogP contribution is -2.33. The van der Waals surface area contributed by atoms with E-state index in [1.165, 1.54) is 28.4 Å². The van der Waals surface area contributed by atoms with Crippen LogP contribution in [0.3, 0.4) is 0 Å². The van der Waals surface area contributed by atoms with E-state index in [-0.39, 0.29) is 18.2 Å². The molecule has 0 spiro atoms. The van der Waals surface area contributed by atoms with Crippen LogP contribution in [-0.2, 0) is 0 Å². The maximum absolute atomic E-state index is 13.1. The van der Waals surface area contributed by atoms with Crippen molar-refractivity contribution in [3.63, 3.8) is 0 Å². The van der Waals surface area contributed by atoms with E-state index in [9.17, 15) is 14.9 Å². The van der Waals surface area contributed by atoms with Crippen molar-refractivity contribution >= 4 is 50.9 Å². The van der Waals surface area contributed by atoms with Crippen molar-refractivity contribution in [2.24, 2.45) is 0 Å². The van der Waals surface area contributed by atoms with Crippen LogP contribution in [0, 0.1) is 10.1 Å². The van der Waals surface area contributed by atoms with Gasteiger partial charge in [-0.15, -0.1) is 12.4 Å². The minimum atomic E-state index is -0.671. The second-order valence-electron chi connectivity index (χ2n) is 6.97. The van der Waals surface area contributed by atoms with Crippen LogP contribution in [0.25, 0.3) is 10.2 Å². The van der Waals surface area contributed by atoms with E-state index < -0.39 is 16.7 Å². The zero-order chi connectivity index (χ0) is 21.3. The van der Waals surface area contributed by atoms with Crippen molar-refractivity contribution in [2.45, 2.75) is 6.42 Å². The molecule has 0 fully saturated rings. The second-order valence-corrected chi connectivity index (χ2v) is 7.98. The minimum Gasteiger partial charge on any atom is -0.486 e. The Hall–Kier alpha value is -2.89. The molecule has 10 nitrogen and oxygen atoms in total. The lowest BCUT2D eigenvalue weighted by Gasteiger charge is -2.19. The number of thiazole rings is 1. The number of anilines is 1. The third kappa shape index (κ3) is 4.89. The van der Waals surface area contributed by atoms with Crippen LogP contribution >= 0.6 is 23.7 Å². The molecule has 1 amide bonds. The van der Waals surface area contributed by atoms with Crippen LogP contribution < -0.4 is 14.4 Å². The maximum atomic E-state index is 13.1. The Kier molecular flexibility index (Phi) is 6.98. The SMILES string of the molecule is CN(C)CCCN(C(=O)c1ccc([N+](=O)[O-])o1)c1nc2cc3c(cc2s1)OCCO3.Cl. The average Bonchev–Trinajstić information content (AvgIpc) is 3.35. The molecule has 0 saturated heterocycles. The van der Waals surface area contributed by atoms with Gasteiger partial charge >= 0.3 is 5.88 Å². The van der Waals surface area contributed by atoms with Gasteiger partial charge in [-0.05, 0) is 33.1 Å². The van der Waals surface area contributed by atoms with Gasteiger partial charge in [0.1, 0.15) is 18.1 Å². The van der Waals surface area contributed by atoms with Crippen molar-refractivity contribution in [1.29, 1.82) is 0 Å². The summed E-state index contributed by atoms with van der Waals surface area (Å²) in [5.74, 6) is 0.224. The molecule has 3 heterocycles. The predicted octanol–water partition coefficient (Wildman–Crippen LogP) is 3.59. The molecule has 1 aliphatic heterocycles. The number of rotatable bonds is 7. The average molecular weight is 469 g/mol. The molecule has 166 valence electrons. The fourth-order valence-corrected chi connectivity index (χ4v) is 4.07. The number of hydrogen-bond donors (Lipinski definition) is 0. The highest BCUT2D eigenvalue weighted by atomic mass is 35.5. The van der Waals surface area contributed by atoms with E-state index in [4.69, 9.17) is 13.9 Å². The number of hydrogen-bond acceptors (Lipinski definition) is 9. The van der Waals surface area contributed by atoms with Crippen LogP contribution in [0.4, 0.5) is 11.0 Å². The number of ether oxygens (including phenoxy) is 2. The largest absolute Gasteiger partial charge is 0.486 e. The number of fused-ring (bicyclic) bond motifs is 2. The summed E-state index contributed by atoms with van der Waals surface area (Å²) in [6, 6.07) is 6.13. The van der Waals surface area contributed by atoms with E-state index in [1.807, 2.05) is 25.1 Å². The Bertz CT molecular complexity index is 1060. The van der Waals surface area contributed by atoms with Gasteiger partial charge in [0.2, 0.25) is 0 Å². The number of furan rings is 1. The Morgan fingerprint density at radius 1 is 1.19 bits per heavy atom. The summed E-state index contributed by atoms with van der Waals surface area (Å²) in [6.07, 6.45) is 0.695. The van der Waals surface area contributed by atoms with E-state index >= 15 is 0 Å². The smallest absolute Gasteiger partial charge is 0.433 e. The zero-order valence-electron chi connectivity index (χ0n) is 16.9. The molecule has 0 atom stereocenters. The topological polar surface area (TPSA) is 111 Å². The summed E-state index contributed by atoms with van der Waals surface area (Å²) in [5, 5.41) is 11.4. The summed E-state index contributed by atoms with van der Waals surface area (Å²) >= 11 is 1.34. The molecule has 0 aliphatic carbocycles. The standard InChI is InChI=1S/C19H20N4O6S.ClH/c1-21(2)6-3-7-22(18(24)13-4-5-17(29-13)23(25)26)19-20-12-10-14-15(11-16(12)30-19)28-9-8-27-14;/h4-5,10-11H,3,6-9H2,1-2H3;1H. The van der Waals surface area contributed by atoms with Gasteiger partial charge in [0.15, 0.2) is 22.4 Å². The number of nitrogens with zero attached hydrogens (tertiary/aromatic N) is 4. The fourth-order valence-electron chi connectivity index (χ4n) is 3.07. The fraction of sp³-hybridized carbons (Fsp3) is 0.368. The first-order chi connectivity index (χ1) is 14.4. The van der Waals surface area contributed by atoms with Crippen molar-refractivity contribution < 1.29 is 23.6 Å². The number of benzene rings is 1. The molecule has 31 heavy (non-hydrogen) atoms. The Morgan fingerprint density at radius 3 is 2.55 bits per heavy atom. The minimum absolute atomic E-state index is 0. The molecule has 3 aromatic rings. The molecule has 0 radical (unpaired) electrons. The lowest BCUT2D eigenvalue weighted by molar-refractivity contribution is -0.402. The lowest BCUT2D eigenvalue weighted by atomic mass is 10.3. The van der Waals surface area contributed by atoms with Gasteiger partial charge in [-0.1, -0.05) is 11.3 Å². The quantitative estimate of drug-likeness (QED) is 0.382. The van der Waals surface area contributed by atoms with Crippen LogP contribution in [0.15, 0.2) is 28.7 Å². The molecular formula is C19H21ClN4O6S. The first-order valence-electron chi connectivity index (χ1n) is 9.33. The van der Waals surface area contributed by atoms with Crippen molar-refractivity contribution in [2.75, 3.05) is 45.3 Å². The first kappa shape index (κ1) is 22.8. The summed E-state index contributed by atoms with van der Waals surface area (Å²) < 4.78 is 17.2. The second kappa shape index (κ2) is 9.50. The molecule has 1 aromatic carbocycles. The number of carbonyl (C=O) groups excluding carboxylic acids is 1. The Balaban J connectivity index is 0.00000272. The van der Waals surface area contributed by atoms with Crippen LogP contribution in [0.1, 0.15) is 17.0 Å². The summed E-state index contributed by atoms with van der Waals surface area (Å²) in [7, 11) is 3.90. The van der Waals surface area contributed by atoms with Gasteiger partial charge in [-0.25, -0.2) is 4.98 Å². The van der Waals surface area contributed by atoms with Gasteiger partial charge < -0.3 is 18.8 Å². The highest BCUT2D eigenvalue weighted by molar-refractivity contribution is 7.22. The summed E-state index contributed by atoms with van der Waals surface area (Å²) in [5.41, 5.74) is 0.690. The third-order valence-corrected chi connectivity index (χ3v) is 5.53. The molecular weight excluding hydrogens is 448 g/mol. The van der Waals surface area contributed by atoms with E-state index in [2.05, 4.69) is 4.98 Å². The number of aromatic nitrogens is 1. The number of nitro groups is 1. The van der Waals surface area contributed by atoms with Crippen LogP contribution in [-0.4, -0.2) is 61.1 Å². The maximum Gasteiger partial charge on any atom is 0.433 e. The molecule has 4 rings (SSSR count). The van der Waals surface area contributed by atoms with Gasteiger partial charge in [0.25, 0.3) is 5.91 Å². The summed E-state index contributed by atoms with van der Waals surface area (Å²) in [6.45, 7) is 2.11. The van der Waals surface area contributed by atoms with Crippen LogP contribution in [0.5, 0.6) is 11.5 Å². The number of carbonyl (C=O) groups is 1. The number of amides is 1. The highest BCUT2D eigenvalue weighted by Gasteiger charge is 2.26. The van der Waals surface area contributed by atoms with Gasteiger partial charge in [-0.2, -0.15) is 0 Å². The van der Waals surface area contributed by atoms with Crippen molar-refractivity contribution in [3.8, 4) is 11.5 Å². The normalized spacial score (nSPS) is 12.6. The Labute approximate surface area is 187 Å². The monoisotopic (exact) mass is 468 g/mol. The Morgan fingerprint density at radius 2 is 1.90 bits per heavy atom. The predicted molar refractivity (Wildman–Crippen MR) is 118 cm³/mol. The van der Waals surface area contributed by atoms with E-state index in [1.54, 1.807) is 6.07 Å². The van der Waals surface area contributed by atoms with Gasteiger partial charge in [0, 0.05) is 18.7 Å². The molecule has 12 heteroatoms. The molecule has 0 bridgehead atoms. The third-order valence-electron chi connectivity index (χ3n) is 4.49. The van der Waals surface area contributed by atoms with Crippen molar-refractivity contribution in [1.82, 2.24) is 9.88 Å². The van der Waals surface area contributed by atoms with E-state index in [0.29, 0.717) is 48.3 Å². The molecule has 1 aliphatic rings. The summed E-state index contributed by atoms with van der Waals surface area (Å²) in [4.78, 5) is 31.5. The number of halogens is 1. The molecule has 2 aromatic heterocycles. The van der Waals surface area contributed by atoms with E-state index in [0.717, 1.165) is 11.2 Å². The van der Waals surface area contributed by atoms with Gasteiger partial charge in [0.05, 0.1) is 16.3 Å². The molecule has 0 saturated carbocycles. The van der Waals surface area contributed by atoms with Crippen molar-refractivity contribution in [3.05, 3.63) is 40.1 Å². The van der Waals surface area contributed by atoms with Gasteiger partial charge in [-0.3, -0.25) is 19.8 Å².